The summed E-state index contributed by atoms with van der Waals surface area (Å²) in [6.07, 6.45) is 3.50. The van der Waals surface area contributed by atoms with Crippen molar-refractivity contribution in [3.63, 3.8) is 0 Å². The van der Waals surface area contributed by atoms with Crippen LogP contribution in [0.2, 0.25) is 0 Å². The maximum atomic E-state index is 13.3. The van der Waals surface area contributed by atoms with Gasteiger partial charge in [-0.3, -0.25) is 0 Å². The Morgan fingerprint density at radius 2 is 2.15 bits per heavy atom. The molecular formula is C17H26FNO. The third-order valence-electron chi connectivity index (χ3n) is 3.63. The van der Waals surface area contributed by atoms with Crippen molar-refractivity contribution in [1.29, 1.82) is 0 Å². The first-order chi connectivity index (χ1) is 9.63. The van der Waals surface area contributed by atoms with Gasteiger partial charge in [0, 0.05) is 19.2 Å². The first kappa shape index (κ1) is 15.5. The van der Waals surface area contributed by atoms with Crippen molar-refractivity contribution < 1.29 is 9.13 Å². The molecule has 1 aromatic rings. The molecule has 0 radical (unpaired) electrons. The van der Waals surface area contributed by atoms with Gasteiger partial charge in [-0.1, -0.05) is 26.0 Å². The second-order valence-electron chi connectivity index (χ2n) is 6.24. The van der Waals surface area contributed by atoms with Crippen LogP contribution in [0.15, 0.2) is 24.3 Å². The predicted molar refractivity (Wildman–Crippen MR) is 80.3 cm³/mol. The Bertz CT molecular complexity index is 404. The van der Waals surface area contributed by atoms with Crippen molar-refractivity contribution in [2.75, 3.05) is 19.8 Å². The van der Waals surface area contributed by atoms with Gasteiger partial charge in [0.15, 0.2) is 0 Å². The zero-order valence-electron chi connectivity index (χ0n) is 12.6. The Kier molecular flexibility index (Phi) is 5.99. The van der Waals surface area contributed by atoms with Crippen LogP contribution in [-0.2, 0) is 11.2 Å². The molecular weight excluding hydrogens is 253 g/mol. The number of rotatable bonds is 9. The van der Waals surface area contributed by atoms with Crippen LogP contribution < -0.4 is 5.32 Å². The summed E-state index contributed by atoms with van der Waals surface area (Å²) in [6.45, 7) is 6.85. The van der Waals surface area contributed by atoms with E-state index in [9.17, 15) is 4.39 Å². The van der Waals surface area contributed by atoms with Crippen LogP contribution in [0.5, 0.6) is 0 Å². The molecule has 1 aliphatic rings. The van der Waals surface area contributed by atoms with Crippen molar-refractivity contribution in [1.82, 2.24) is 5.32 Å². The van der Waals surface area contributed by atoms with E-state index in [1.54, 1.807) is 12.1 Å². The van der Waals surface area contributed by atoms with Crippen molar-refractivity contribution in [2.45, 2.75) is 39.2 Å². The lowest BCUT2D eigenvalue weighted by atomic mass is 9.99. The number of nitrogens with one attached hydrogen (secondary N) is 1. The lowest BCUT2D eigenvalue weighted by molar-refractivity contribution is 0.0900. The van der Waals surface area contributed by atoms with Gasteiger partial charge in [-0.2, -0.15) is 0 Å². The Labute approximate surface area is 121 Å². The molecule has 1 aromatic carbocycles. The summed E-state index contributed by atoms with van der Waals surface area (Å²) in [4.78, 5) is 0. The highest BCUT2D eigenvalue weighted by atomic mass is 19.1. The van der Waals surface area contributed by atoms with Gasteiger partial charge in [0.2, 0.25) is 0 Å². The largest absolute Gasteiger partial charge is 0.381 e. The molecule has 3 heteroatoms. The van der Waals surface area contributed by atoms with Crippen LogP contribution in [0, 0.1) is 17.7 Å². The molecule has 2 rings (SSSR count). The van der Waals surface area contributed by atoms with Crippen LogP contribution in [0.4, 0.5) is 4.39 Å². The molecule has 0 bridgehead atoms. The van der Waals surface area contributed by atoms with Crippen LogP contribution in [0.25, 0.3) is 0 Å². The Balaban J connectivity index is 1.82. The highest BCUT2D eigenvalue weighted by molar-refractivity contribution is 5.16. The van der Waals surface area contributed by atoms with Gasteiger partial charge < -0.3 is 10.1 Å². The predicted octanol–water partition coefficient (Wildman–Crippen LogP) is 3.41. The molecule has 1 atom stereocenters. The van der Waals surface area contributed by atoms with Crippen LogP contribution in [0.1, 0.15) is 32.3 Å². The standard InChI is InChI=1S/C17H26FNO/c1-13(2)19-10-16(12-20-11-14-6-7-14)8-15-4-3-5-17(18)9-15/h3-5,9,13-14,16,19H,6-8,10-12H2,1-2H3. The monoisotopic (exact) mass is 279 g/mol. The molecule has 1 unspecified atom stereocenters. The van der Waals surface area contributed by atoms with E-state index >= 15 is 0 Å². The van der Waals surface area contributed by atoms with Crippen molar-refractivity contribution in [2.24, 2.45) is 11.8 Å². The van der Waals surface area contributed by atoms with E-state index in [1.807, 2.05) is 6.07 Å². The lowest BCUT2D eigenvalue weighted by Crippen LogP contribution is -2.32. The average molecular weight is 279 g/mol. The maximum absolute atomic E-state index is 13.3. The molecule has 0 aliphatic heterocycles. The van der Waals surface area contributed by atoms with E-state index in [2.05, 4.69) is 19.2 Å². The minimum absolute atomic E-state index is 0.156. The molecule has 1 fully saturated rings. The van der Waals surface area contributed by atoms with Crippen molar-refractivity contribution in [3.8, 4) is 0 Å². The van der Waals surface area contributed by atoms with Crippen molar-refractivity contribution >= 4 is 0 Å². The summed E-state index contributed by atoms with van der Waals surface area (Å²) in [7, 11) is 0. The third-order valence-corrected chi connectivity index (χ3v) is 3.63. The minimum Gasteiger partial charge on any atom is -0.381 e. The SMILES string of the molecule is CC(C)NCC(COCC1CC1)Cc1cccc(F)c1. The fourth-order valence-corrected chi connectivity index (χ4v) is 2.28. The topological polar surface area (TPSA) is 21.3 Å². The maximum Gasteiger partial charge on any atom is 0.123 e. The third kappa shape index (κ3) is 6.02. The van der Waals surface area contributed by atoms with E-state index in [0.29, 0.717) is 12.0 Å². The fraction of sp³-hybridized carbons (Fsp3) is 0.647. The molecule has 2 nitrogen and oxygen atoms in total. The van der Waals surface area contributed by atoms with Gasteiger partial charge in [-0.15, -0.1) is 0 Å². The number of halogens is 1. The summed E-state index contributed by atoms with van der Waals surface area (Å²) in [5.41, 5.74) is 1.05. The van der Waals surface area contributed by atoms with Crippen molar-refractivity contribution in [3.05, 3.63) is 35.6 Å². The minimum atomic E-state index is -0.156. The number of ether oxygens (including phenoxy) is 1. The van der Waals surface area contributed by atoms with Crippen LogP contribution in [-0.4, -0.2) is 25.8 Å². The molecule has 1 aliphatic carbocycles. The molecule has 112 valence electrons. The van der Waals surface area contributed by atoms with Gasteiger partial charge >= 0.3 is 0 Å². The molecule has 20 heavy (non-hydrogen) atoms. The van der Waals surface area contributed by atoms with Gasteiger partial charge in [0.1, 0.15) is 5.82 Å². The first-order valence-corrected chi connectivity index (χ1v) is 7.69. The fourth-order valence-electron chi connectivity index (χ4n) is 2.28. The van der Waals surface area contributed by atoms with Gasteiger partial charge in [0.05, 0.1) is 6.61 Å². The first-order valence-electron chi connectivity index (χ1n) is 7.69. The quantitative estimate of drug-likeness (QED) is 0.748. The van der Waals surface area contributed by atoms with Gasteiger partial charge in [-0.25, -0.2) is 4.39 Å². The van der Waals surface area contributed by atoms with E-state index < -0.39 is 0 Å². The van der Waals surface area contributed by atoms with E-state index in [0.717, 1.165) is 37.7 Å². The number of hydrogen-bond donors (Lipinski definition) is 1. The summed E-state index contributed by atoms with van der Waals surface area (Å²) in [5.74, 6) is 1.04. The average Bonchev–Trinajstić information content (AvgIpc) is 3.20. The second-order valence-corrected chi connectivity index (χ2v) is 6.24. The van der Waals surface area contributed by atoms with Crippen LogP contribution >= 0.6 is 0 Å². The lowest BCUT2D eigenvalue weighted by Gasteiger charge is -2.19. The van der Waals surface area contributed by atoms with Gasteiger partial charge in [-0.05, 0) is 48.8 Å². The Morgan fingerprint density at radius 3 is 2.80 bits per heavy atom. The number of hydrogen-bond acceptors (Lipinski definition) is 2. The summed E-state index contributed by atoms with van der Waals surface area (Å²) in [6, 6.07) is 7.36. The summed E-state index contributed by atoms with van der Waals surface area (Å²) in [5, 5.41) is 3.46. The second kappa shape index (κ2) is 7.75. The van der Waals surface area contributed by atoms with E-state index in [4.69, 9.17) is 4.74 Å². The highest BCUT2D eigenvalue weighted by Gasteiger charge is 2.22. The Hall–Kier alpha value is -0.930. The molecule has 0 aromatic heterocycles. The zero-order valence-corrected chi connectivity index (χ0v) is 12.6. The van der Waals surface area contributed by atoms with Crippen LogP contribution in [0.3, 0.4) is 0 Å². The van der Waals surface area contributed by atoms with Gasteiger partial charge in [0.25, 0.3) is 0 Å². The van der Waals surface area contributed by atoms with E-state index in [-0.39, 0.29) is 5.82 Å². The number of benzene rings is 1. The smallest absolute Gasteiger partial charge is 0.123 e. The summed E-state index contributed by atoms with van der Waals surface area (Å²) < 4.78 is 19.1. The Morgan fingerprint density at radius 1 is 1.35 bits per heavy atom. The normalized spacial score (nSPS) is 16.6. The molecule has 0 saturated heterocycles. The zero-order chi connectivity index (χ0) is 14.4. The van der Waals surface area contributed by atoms with E-state index in [1.165, 1.54) is 18.9 Å². The highest BCUT2D eigenvalue weighted by Crippen LogP contribution is 2.29. The molecule has 1 saturated carbocycles. The molecule has 1 N–H and O–H groups in total. The molecule has 0 amide bonds. The molecule has 0 heterocycles. The molecule has 0 spiro atoms. The summed E-state index contributed by atoms with van der Waals surface area (Å²) >= 11 is 0.